The van der Waals surface area contributed by atoms with E-state index >= 15 is 0 Å². The standard InChI is InChI=1S/C9H21N2O2P/c1-4-10-6-5-9(12)11-7-8-14(2,3)13/h10H,4-8H2,1-3H3,(H,11,12). The molecule has 0 unspecified atom stereocenters. The SMILES string of the molecule is CCNCCC(=O)NCCP(C)(C)=O. The number of carbonyl (C=O) groups is 1. The van der Waals surface area contributed by atoms with Gasteiger partial charge in [-0.2, -0.15) is 0 Å². The average molecular weight is 220 g/mol. The summed E-state index contributed by atoms with van der Waals surface area (Å²) in [5.41, 5.74) is 0. The molecule has 0 aromatic rings. The molecular weight excluding hydrogens is 199 g/mol. The summed E-state index contributed by atoms with van der Waals surface area (Å²) in [4.78, 5) is 11.2. The van der Waals surface area contributed by atoms with Crippen LogP contribution in [-0.4, -0.2) is 45.0 Å². The first-order valence-corrected chi connectivity index (χ1v) is 7.76. The Morgan fingerprint density at radius 2 is 1.93 bits per heavy atom. The molecule has 0 saturated heterocycles. The summed E-state index contributed by atoms with van der Waals surface area (Å²) in [6.45, 7) is 7.58. The molecule has 0 aromatic heterocycles. The van der Waals surface area contributed by atoms with Crippen molar-refractivity contribution in [3.63, 3.8) is 0 Å². The topological polar surface area (TPSA) is 58.2 Å². The van der Waals surface area contributed by atoms with E-state index in [1.54, 1.807) is 13.3 Å². The molecule has 0 heterocycles. The van der Waals surface area contributed by atoms with Crippen LogP contribution in [0.15, 0.2) is 0 Å². The molecule has 0 rings (SSSR count). The zero-order chi connectivity index (χ0) is 11.0. The first-order chi connectivity index (χ1) is 6.45. The molecule has 2 N–H and O–H groups in total. The van der Waals surface area contributed by atoms with Gasteiger partial charge in [0, 0.05) is 25.7 Å². The van der Waals surface area contributed by atoms with Gasteiger partial charge in [-0.3, -0.25) is 4.79 Å². The van der Waals surface area contributed by atoms with E-state index in [4.69, 9.17) is 0 Å². The van der Waals surface area contributed by atoms with Crippen molar-refractivity contribution in [1.82, 2.24) is 10.6 Å². The van der Waals surface area contributed by atoms with Gasteiger partial charge in [-0.25, -0.2) is 0 Å². The second-order valence-corrected chi connectivity index (χ2v) is 7.35. The highest BCUT2D eigenvalue weighted by Gasteiger charge is 2.07. The summed E-state index contributed by atoms with van der Waals surface area (Å²) in [6.07, 6.45) is 1.07. The molecule has 0 aromatic carbocycles. The minimum absolute atomic E-state index is 0.0272. The maximum Gasteiger partial charge on any atom is 0.221 e. The number of amides is 1. The lowest BCUT2D eigenvalue weighted by Gasteiger charge is -2.08. The van der Waals surface area contributed by atoms with Crippen LogP contribution in [0.5, 0.6) is 0 Å². The molecule has 4 nitrogen and oxygen atoms in total. The van der Waals surface area contributed by atoms with Crippen LogP contribution in [0, 0.1) is 0 Å². The molecule has 0 bridgehead atoms. The molecule has 0 aliphatic heterocycles. The number of hydrogen-bond donors (Lipinski definition) is 2. The first-order valence-electron chi connectivity index (χ1n) is 4.97. The fraction of sp³-hybridized carbons (Fsp3) is 0.889. The molecule has 1 amide bonds. The third kappa shape index (κ3) is 9.75. The van der Waals surface area contributed by atoms with Gasteiger partial charge >= 0.3 is 0 Å². The lowest BCUT2D eigenvalue weighted by molar-refractivity contribution is -0.120. The quantitative estimate of drug-likeness (QED) is 0.491. The van der Waals surface area contributed by atoms with Crippen molar-refractivity contribution in [2.75, 3.05) is 39.1 Å². The number of nitrogens with one attached hydrogen (secondary N) is 2. The van der Waals surface area contributed by atoms with E-state index in [9.17, 15) is 9.36 Å². The third-order valence-corrected chi connectivity index (χ3v) is 3.05. The summed E-state index contributed by atoms with van der Waals surface area (Å²) in [5.74, 6) is 0.0272. The average Bonchev–Trinajstić information content (AvgIpc) is 2.02. The van der Waals surface area contributed by atoms with Gasteiger partial charge in [-0.05, 0) is 19.9 Å². The fourth-order valence-electron chi connectivity index (χ4n) is 0.932. The van der Waals surface area contributed by atoms with Crippen LogP contribution in [0.4, 0.5) is 0 Å². The predicted molar refractivity (Wildman–Crippen MR) is 60.5 cm³/mol. The van der Waals surface area contributed by atoms with E-state index in [1.165, 1.54) is 0 Å². The summed E-state index contributed by atoms with van der Waals surface area (Å²) >= 11 is 0. The van der Waals surface area contributed by atoms with Crippen molar-refractivity contribution in [2.24, 2.45) is 0 Å². The van der Waals surface area contributed by atoms with Crippen molar-refractivity contribution in [3.8, 4) is 0 Å². The van der Waals surface area contributed by atoms with Gasteiger partial charge in [0.25, 0.3) is 0 Å². The Morgan fingerprint density at radius 3 is 2.43 bits per heavy atom. The van der Waals surface area contributed by atoms with Gasteiger partial charge in [0.2, 0.25) is 5.91 Å². The summed E-state index contributed by atoms with van der Waals surface area (Å²) in [5, 5.41) is 5.82. The number of hydrogen-bond acceptors (Lipinski definition) is 3. The van der Waals surface area contributed by atoms with Crippen molar-refractivity contribution < 1.29 is 9.36 Å². The van der Waals surface area contributed by atoms with Crippen molar-refractivity contribution in [2.45, 2.75) is 13.3 Å². The van der Waals surface area contributed by atoms with Gasteiger partial charge in [0.05, 0.1) is 7.14 Å². The van der Waals surface area contributed by atoms with Gasteiger partial charge < -0.3 is 15.2 Å². The van der Waals surface area contributed by atoms with Crippen molar-refractivity contribution in [1.29, 1.82) is 0 Å². The van der Waals surface area contributed by atoms with Crippen LogP contribution in [0.2, 0.25) is 0 Å². The van der Waals surface area contributed by atoms with Crippen LogP contribution < -0.4 is 10.6 Å². The Bertz CT molecular complexity index is 213. The molecule has 0 atom stereocenters. The van der Waals surface area contributed by atoms with Crippen LogP contribution in [-0.2, 0) is 9.36 Å². The van der Waals surface area contributed by atoms with E-state index in [1.807, 2.05) is 6.92 Å². The maximum absolute atomic E-state index is 11.3. The van der Waals surface area contributed by atoms with Crippen LogP contribution in [0.3, 0.4) is 0 Å². The zero-order valence-corrected chi connectivity index (χ0v) is 10.2. The monoisotopic (exact) mass is 220 g/mol. The molecule has 14 heavy (non-hydrogen) atoms. The van der Waals surface area contributed by atoms with E-state index in [2.05, 4.69) is 10.6 Å². The highest BCUT2D eigenvalue weighted by atomic mass is 31.2. The second kappa shape index (κ2) is 7.02. The molecule has 0 fully saturated rings. The molecule has 0 saturated carbocycles. The summed E-state index contributed by atoms with van der Waals surface area (Å²) in [6, 6.07) is 0. The van der Waals surface area contributed by atoms with E-state index in [0.717, 1.165) is 6.54 Å². The summed E-state index contributed by atoms with van der Waals surface area (Å²) < 4.78 is 11.3. The van der Waals surface area contributed by atoms with Crippen LogP contribution >= 0.6 is 7.14 Å². The van der Waals surface area contributed by atoms with Crippen molar-refractivity contribution in [3.05, 3.63) is 0 Å². The normalized spacial score (nSPS) is 11.4. The Kier molecular flexibility index (Phi) is 6.85. The predicted octanol–water partition coefficient (Wildman–Crippen LogP) is 0.725. The van der Waals surface area contributed by atoms with Gasteiger partial charge in [0.1, 0.15) is 0 Å². The Balaban J connectivity index is 3.41. The Hall–Kier alpha value is -0.340. The maximum atomic E-state index is 11.3. The fourth-order valence-corrected chi connectivity index (χ4v) is 1.58. The molecule has 0 aliphatic rings. The van der Waals surface area contributed by atoms with Crippen LogP contribution in [0.25, 0.3) is 0 Å². The van der Waals surface area contributed by atoms with E-state index in [0.29, 0.717) is 25.7 Å². The first kappa shape index (κ1) is 13.7. The molecule has 5 heteroatoms. The smallest absolute Gasteiger partial charge is 0.221 e. The molecule has 0 aliphatic carbocycles. The van der Waals surface area contributed by atoms with Gasteiger partial charge in [-0.1, -0.05) is 6.92 Å². The lowest BCUT2D eigenvalue weighted by Crippen LogP contribution is -2.29. The van der Waals surface area contributed by atoms with Crippen molar-refractivity contribution >= 4 is 13.0 Å². The van der Waals surface area contributed by atoms with Crippen LogP contribution in [0.1, 0.15) is 13.3 Å². The number of rotatable bonds is 7. The minimum Gasteiger partial charge on any atom is -0.356 e. The second-order valence-electron chi connectivity index (χ2n) is 3.75. The molecule has 0 radical (unpaired) electrons. The lowest BCUT2D eigenvalue weighted by atomic mass is 10.4. The Morgan fingerprint density at radius 1 is 1.29 bits per heavy atom. The molecule has 84 valence electrons. The highest BCUT2D eigenvalue weighted by Crippen LogP contribution is 2.34. The van der Waals surface area contributed by atoms with E-state index in [-0.39, 0.29) is 5.91 Å². The molecule has 0 spiro atoms. The summed E-state index contributed by atoms with van der Waals surface area (Å²) in [7, 11) is -1.98. The third-order valence-electron chi connectivity index (χ3n) is 1.75. The minimum atomic E-state index is -1.98. The largest absolute Gasteiger partial charge is 0.356 e. The highest BCUT2D eigenvalue weighted by molar-refractivity contribution is 7.62. The van der Waals surface area contributed by atoms with Gasteiger partial charge in [0.15, 0.2) is 0 Å². The number of carbonyl (C=O) groups excluding carboxylic acids is 1. The molecular formula is C9H21N2O2P. The Labute approximate surface area is 86.2 Å². The zero-order valence-electron chi connectivity index (χ0n) is 9.30. The van der Waals surface area contributed by atoms with E-state index < -0.39 is 7.14 Å². The van der Waals surface area contributed by atoms with Gasteiger partial charge in [-0.15, -0.1) is 0 Å².